The van der Waals surface area contributed by atoms with Crippen LogP contribution in [0.3, 0.4) is 0 Å². The van der Waals surface area contributed by atoms with Crippen molar-refractivity contribution in [2.45, 2.75) is 32.3 Å². The summed E-state index contributed by atoms with van der Waals surface area (Å²) in [7, 11) is 0. The van der Waals surface area contributed by atoms with Gasteiger partial charge in [-0.15, -0.1) is 0 Å². The fraction of sp³-hybridized carbons (Fsp3) is 0.471. The Hall–Kier alpha value is -2.57. The number of carbonyl (C=O) groups excluding carboxylic acids is 1. The number of nitrogens with one attached hydrogen (secondary N) is 1. The van der Waals surface area contributed by atoms with Crippen LogP contribution in [0.1, 0.15) is 37.4 Å². The van der Waals surface area contributed by atoms with E-state index in [-0.39, 0.29) is 18.6 Å². The van der Waals surface area contributed by atoms with Crippen molar-refractivity contribution in [3.63, 3.8) is 0 Å². The highest BCUT2D eigenvalue weighted by Gasteiger charge is 2.27. The minimum atomic E-state index is -0.0293. The molecule has 7 heteroatoms. The average molecular weight is 330 g/mol. The summed E-state index contributed by atoms with van der Waals surface area (Å²) in [4.78, 5) is 18.2. The average Bonchev–Trinajstić information content (AvgIpc) is 3.10. The molecule has 0 radical (unpaired) electrons. The quantitative estimate of drug-likeness (QED) is 0.911. The fourth-order valence-electron chi connectivity index (χ4n) is 2.79. The van der Waals surface area contributed by atoms with Crippen LogP contribution in [0.15, 0.2) is 34.9 Å². The molecule has 1 aromatic heterocycles. The zero-order chi connectivity index (χ0) is 16.8. The molecule has 3 rings (SSSR count). The molecule has 2 amide bonds. The topological polar surface area (TPSA) is 80.5 Å². The van der Waals surface area contributed by atoms with Gasteiger partial charge in [0.15, 0.2) is 12.4 Å². The van der Waals surface area contributed by atoms with Crippen LogP contribution in [0, 0.1) is 0 Å². The van der Waals surface area contributed by atoms with Gasteiger partial charge in [-0.2, -0.15) is 4.98 Å². The van der Waals surface area contributed by atoms with E-state index < -0.39 is 0 Å². The van der Waals surface area contributed by atoms with E-state index in [4.69, 9.17) is 9.26 Å². The zero-order valence-electron chi connectivity index (χ0n) is 13.8. The molecule has 1 saturated heterocycles. The molecule has 1 aliphatic heterocycles. The number of hydrogen-bond acceptors (Lipinski definition) is 5. The molecule has 1 atom stereocenters. The first kappa shape index (κ1) is 16.3. The normalized spacial score (nSPS) is 17.5. The van der Waals surface area contributed by atoms with E-state index in [9.17, 15) is 4.79 Å². The molecule has 0 bridgehead atoms. The van der Waals surface area contributed by atoms with Gasteiger partial charge in [0.2, 0.25) is 0 Å². The molecule has 2 heterocycles. The lowest BCUT2D eigenvalue weighted by atomic mass is 9.98. The van der Waals surface area contributed by atoms with Crippen LogP contribution in [0.5, 0.6) is 5.75 Å². The number of rotatable bonds is 5. The molecule has 24 heavy (non-hydrogen) atoms. The van der Waals surface area contributed by atoms with E-state index in [0.29, 0.717) is 24.8 Å². The lowest BCUT2D eigenvalue weighted by Crippen LogP contribution is -2.45. The van der Waals surface area contributed by atoms with Gasteiger partial charge in [0.1, 0.15) is 5.75 Å². The summed E-state index contributed by atoms with van der Waals surface area (Å²) < 4.78 is 10.9. The highest BCUT2D eigenvalue weighted by atomic mass is 16.5. The third kappa shape index (κ3) is 4.04. The van der Waals surface area contributed by atoms with Gasteiger partial charge in [-0.05, 0) is 31.9 Å². The molecule has 1 N–H and O–H groups in total. The van der Waals surface area contributed by atoms with Gasteiger partial charge in [-0.3, -0.25) is 0 Å². The lowest BCUT2D eigenvalue weighted by molar-refractivity contribution is 0.178. The predicted octanol–water partition coefficient (Wildman–Crippen LogP) is 2.56. The van der Waals surface area contributed by atoms with Gasteiger partial charge in [-0.1, -0.05) is 23.4 Å². The van der Waals surface area contributed by atoms with Gasteiger partial charge in [0.05, 0.1) is 0 Å². The highest BCUT2D eigenvalue weighted by Crippen LogP contribution is 2.25. The van der Waals surface area contributed by atoms with E-state index >= 15 is 0 Å². The van der Waals surface area contributed by atoms with Crippen molar-refractivity contribution in [2.24, 2.45) is 0 Å². The summed E-state index contributed by atoms with van der Waals surface area (Å²) in [6.07, 6.45) is 1.89. The van der Waals surface area contributed by atoms with Crippen molar-refractivity contribution in [1.82, 2.24) is 20.4 Å². The maximum atomic E-state index is 12.0. The summed E-state index contributed by atoms with van der Waals surface area (Å²) >= 11 is 0. The third-order valence-electron chi connectivity index (χ3n) is 3.99. The number of amides is 2. The molecule has 128 valence electrons. The second-order valence-electron chi connectivity index (χ2n) is 5.77. The number of piperidine rings is 1. The first-order chi connectivity index (χ1) is 11.8. The van der Waals surface area contributed by atoms with Crippen LogP contribution in [0.25, 0.3) is 0 Å². The van der Waals surface area contributed by atoms with Crippen molar-refractivity contribution >= 4 is 6.03 Å². The zero-order valence-corrected chi connectivity index (χ0v) is 13.8. The molecular weight excluding hydrogens is 308 g/mol. The molecule has 7 nitrogen and oxygen atoms in total. The van der Waals surface area contributed by atoms with Crippen LogP contribution < -0.4 is 10.1 Å². The molecule has 1 aliphatic rings. The summed E-state index contributed by atoms with van der Waals surface area (Å²) in [5.74, 6) is 1.97. The standard InChI is InChI=1S/C17H22N4O3/c1-2-18-17(22)21-10-6-7-13(11-21)16-19-15(24-20-16)12-23-14-8-4-3-5-9-14/h3-5,8-9,13H,2,6-7,10-12H2,1H3,(H,18,22). The molecular formula is C17H22N4O3. The Morgan fingerprint density at radius 1 is 1.42 bits per heavy atom. The van der Waals surface area contributed by atoms with Crippen LogP contribution >= 0.6 is 0 Å². The number of carbonyl (C=O) groups is 1. The predicted molar refractivity (Wildman–Crippen MR) is 87.7 cm³/mol. The lowest BCUT2D eigenvalue weighted by Gasteiger charge is -2.31. The van der Waals surface area contributed by atoms with Crippen molar-refractivity contribution < 1.29 is 14.1 Å². The van der Waals surface area contributed by atoms with Crippen molar-refractivity contribution in [3.8, 4) is 5.75 Å². The smallest absolute Gasteiger partial charge is 0.317 e. The molecule has 1 aromatic carbocycles. The Morgan fingerprint density at radius 3 is 3.04 bits per heavy atom. The van der Waals surface area contributed by atoms with Crippen LogP contribution in [0.4, 0.5) is 4.79 Å². The first-order valence-corrected chi connectivity index (χ1v) is 8.29. The van der Waals surface area contributed by atoms with Crippen LogP contribution in [0.2, 0.25) is 0 Å². The van der Waals surface area contributed by atoms with E-state index in [1.165, 1.54) is 0 Å². The Morgan fingerprint density at radius 2 is 2.25 bits per heavy atom. The number of hydrogen-bond donors (Lipinski definition) is 1. The second kappa shape index (κ2) is 7.81. The fourth-order valence-corrected chi connectivity index (χ4v) is 2.79. The number of benzene rings is 1. The molecule has 1 unspecified atom stereocenters. The summed E-state index contributed by atoms with van der Waals surface area (Å²) in [5.41, 5.74) is 0. The minimum absolute atomic E-state index is 0.0293. The van der Waals surface area contributed by atoms with E-state index in [1.807, 2.05) is 42.2 Å². The van der Waals surface area contributed by atoms with Crippen LogP contribution in [-0.4, -0.2) is 40.7 Å². The highest BCUT2D eigenvalue weighted by molar-refractivity contribution is 5.74. The van der Waals surface area contributed by atoms with E-state index in [0.717, 1.165) is 25.1 Å². The molecule has 0 saturated carbocycles. The SMILES string of the molecule is CCNC(=O)N1CCCC(c2noc(COc3ccccc3)n2)C1. The Balaban J connectivity index is 1.57. The summed E-state index contributed by atoms with van der Waals surface area (Å²) in [5, 5.41) is 6.90. The Bertz CT molecular complexity index is 659. The van der Waals surface area contributed by atoms with Gasteiger partial charge in [0.25, 0.3) is 5.89 Å². The largest absolute Gasteiger partial charge is 0.484 e. The second-order valence-corrected chi connectivity index (χ2v) is 5.77. The maximum absolute atomic E-state index is 12.0. The van der Waals surface area contributed by atoms with Gasteiger partial charge >= 0.3 is 6.03 Å². The van der Waals surface area contributed by atoms with Crippen molar-refractivity contribution in [1.29, 1.82) is 0 Å². The van der Waals surface area contributed by atoms with E-state index in [1.54, 1.807) is 0 Å². The Kier molecular flexibility index (Phi) is 5.30. The van der Waals surface area contributed by atoms with Crippen molar-refractivity contribution in [2.75, 3.05) is 19.6 Å². The first-order valence-electron chi connectivity index (χ1n) is 8.29. The van der Waals surface area contributed by atoms with Gasteiger partial charge in [-0.25, -0.2) is 4.79 Å². The van der Waals surface area contributed by atoms with Gasteiger partial charge in [0, 0.05) is 25.6 Å². The number of para-hydroxylation sites is 1. The van der Waals surface area contributed by atoms with Gasteiger partial charge < -0.3 is 19.5 Å². The number of urea groups is 1. The summed E-state index contributed by atoms with van der Waals surface area (Å²) in [6, 6.07) is 9.48. The number of nitrogens with zero attached hydrogens (tertiary/aromatic N) is 3. The summed E-state index contributed by atoms with van der Waals surface area (Å²) in [6.45, 7) is 4.17. The molecule has 2 aromatic rings. The number of ether oxygens (including phenoxy) is 1. The monoisotopic (exact) mass is 330 g/mol. The molecule has 0 spiro atoms. The maximum Gasteiger partial charge on any atom is 0.317 e. The number of aromatic nitrogens is 2. The van der Waals surface area contributed by atoms with Crippen molar-refractivity contribution in [3.05, 3.63) is 42.0 Å². The number of likely N-dealkylation sites (tertiary alicyclic amines) is 1. The van der Waals surface area contributed by atoms with Crippen LogP contribution in [-0.2, 0) is 6.61 Å². The Labute approximate surface area is 141 Å². The molecule has 1 fully saturated rings. The van der Waals surface area contributed by atoms with E-state index in [2.05, 4.69) is 15.5 Å². The molecule has 0 aliphatic carbocycles. The minimum Gasteiger partial charge on any atom is -0.484 e. The third-order valence-corrected chi connectivity index (χ3v) is 3.99.